The quantitative estimate of drug-likeness (QED) is 0.404. The molecule has 0 spiro atoms. The number of methoxy groups -OCH3 is 1. The number of ether oxygens (including phenoxy) is 1. The first-order valence-electron chi connectivity index (χ1n) is 11.5. The molecule has 7 nitrogen and oxygen atoms in total. The van der Waals surface area contributed by atoms with Gasteiger partial charge in [-0.2, -0.15) is 5.10 Å². The van der Waals surface area contributed by atoms with E-state index in [0.29, 0.717) is 27.7 Å². The predicted octanol–water partition coefficient (Wildman–Crippen LogP) is 5.20. The van der Waals surface area contributed by atoms with Gasteiger partial charge in [-0.25, -0.2) is 14.5 Å². The Morgan fingerprint density at radius 1 is 1.18 bits per heavy atom. The summed E-state index contributed by atoms with van der Waals surface area (Å²) in [5.41, 5.74) is 5.28. The van der Waals surface area contributed by atoms with Crippen LogP contribution in [0.5, 0.6) is 0 Å². The molecule has 6 rings (SSSR count). The zero-order valence-corrected chi connectivity index (χ0v) is 19.9. The third kappa shape index (κ3) is 3.40. The average Bonchev–Trinajstić information content (AvgIpc) is 3.40. The standard InChI is InChI=1S/C26H24N4O3S/c1-14-21-18(24(31)28-25-22(26(32)33-2)17-9-6-10-20(17)34-25)13-19(15-11-12-15)27-23(21)30(29-14)16-7-4-3-5-8-16/h3-5,7-8,13,15H,6,9-12H2,1-2H3,(H,28,31). The maximum atomic E-state index is 13.7. The van der Waals surface area contributed by atoms with E-state index in [1.54, 1.807) is 0 Å². The van der Waals surface area contributed by atoms with Crippen LogP contribution in [-0.2, 0) is 17.6 Å². The molecule has 2 aliphatic rings. The van der Waals surface area contributed by atoms with E-state index in [1.165, 1.54) is 18.4 Å². The summed E-state index contributed by atoms with van der Waals surface area (Å²) < 4.78 is 6.85. The first-order valence-corrected chi connectivity index (χ1v) is 12.4. The minimum Gasteiger partial charge on any atom is -0.465 e. The third-order valence-electron chi connectivity index (χ3n) is 6.61. The van der Waals surface area contributed by atoms with E-state index in [1.807, 2.05) is 48.0 Å². The van der Waals surface area contributed by atoms with Crippen LogP contribution in [-0.4, -0.2) is 33.8 Å². The lowest BCUT2D eigenvalue weighted by molar-refractivity contribution is 0.0601. The van der Waals surface area contributed by atoms with Gasteiger partial charge >= 0.3 is 5.97 Å². The third-order valence-corrected chi connectivity index (χ3v) is 7.82. The van der Waals surface area contributed by atoms with Gasteiger partial charge in [-0.15, -0.1) is 11.3 Å². The predicted molar refractivity (Wildman–Crippen MR) is 131 cm³/mol. The molecule has 172 valence electrons. The molecule has 2 aliphatic carbocycles. The number of carbonyl (C=O) groups is 2. The van der Waals surface area contributed by atoms with Crippen LogP contribution in [0.3, 0.4) is 0 Å². The number of hydrogen-bond acceptors (Lipinski definition) is 6. The maximum absolute atomic E-state index is 13.7. The van der Waals surface area contributed by atoms with Gasteiger partial charge in [0.05, 0.1) is 35.0 Å². The number of pyridine rings is 1. The summed E-state index contributed by atoms with van der Waals surface area (Å²) in [5.74, 6) is -0.289. The molecule has 1 fully saturated rings. The number of rotatable bonds is 5. The van der Waals surface area contributed by atoms with Crippen LogP contribution in [0.15, 0.2) is 36.4 Å². The highest BCUT2D eigenvalue weighted by Gasteiger charge is 2.31. The fourth-order valence-electron chi connectivity index (χ4n) is 4.81. The number of fused-ring (bicyclic) bond motifs is 2. The van der Waals surface area contributed by atoms with Gasteiger partial charge in [-0.1, -0.05) is 18.2 Å². The van der Waals surface area contributed by atoms with Crippen molar-refractivity contribution in [3.8, 4) is 5.69 Å². The molecule has 0 atom stereocenters. The summed E-state index contributed by atoms with van der Waals surface area (Å²) in [6.45, 7) is 1.90. The van der Waals surface area contributed by atoms with Crippen molar-refractivity contribution in [3.63, 3.8) is 0 Å². The SMILES string of the molecule is COC(=O)c1c(NC(=O)c2cc(C3CC3)nc3c2c(C)nn3-c2ccccc2)sc2c1CCC2. The largest absolute Gasteiger partial charge is 0.465 e. The van der Waals surface area contributed by atoms with Crippen LogP contribution >= 0.6 is 11.3 Å². The second-order valence-electron chi connectivity index (χ2n) is 8.91. The molecule has 1 N–H and O–H groups in total. The highest BCUT2D eigenvalue weighted by Crippen LogP contribution is 2.42. The summed E-state index contributed by atoms with van der Waals surface area (Å²) in [6.07, 6.45) is 4.92. The molecule has 0 saturated heterocycles. The van der Waals surface area contributed by atoms with E-state index in [9.17, 15) is 9.59 Å². The van der Waals surface area contributed by atoms with Gasteiger partial charge in [0.2, 0.25) is 0 Å². The lowest BCUT2D eigenvalue weighted by Gasteiger charge is -2.10. The normalized spacial score (nSPS) is 14.9. The molecule has 1 aromatic carbocycles. The molecule has 0 radical (unpaired) electrons. The molecule has 34 heavy (non-hydrogen) atoms. The van der Waals surface area contributed by atoms with E-state index in [2.05, 4.69) is 5.32 Å². The Balaban J connectivity index is 1.47. The van der Waals surface area contributed by atoms with Crippen molar-refractivity contribution in [2.24, 2.45) is 0 Å². The van der Waals surface area contributed by atoms with Gasteiger partial charge in [0, 0.05) is 16.5 Å². The molecule has 3 aromatic heterocycles. The number of nitrogens with zero attached hydrogens (tertiary/aromatic N) is 3. The van der Waals surface area contributed by atoms with Crippen molar-refractivity contribution in [3.05, 3.63) is 69.4 Å². The Labute approximate surface area is 200 Å². The van der Waals surface area contributed by atoms with Crippen LogP contribution in [0.1, 0.15) is 67.7 Å². The number of hydrogen-bond donors (Lipinski definition) is 1. The molecule has 0 unspecified atom stereocenters. The van der Waals surface area contributed by atoms with E-state index in [0.717, 1.165) is 65.0 Å². The summed E-state index contributed by atoms with van der Waals surface area (Å²) in [6, 6.07) is 11.7. The monoisotopic (exact) mass is 472 g/mol. The van der Waals surface area contributed by atoms with Crippen molar-refractivity contribution >= 4 is 39.2 Å². The van der Waals surface area contributed by atoms with Crippen LogP contribution in [0.25, 0.3) is 16.7 Å². The number of esters is 1. The summed E-state index contributed by atoms with van der Waals surface area (Å²) in [5, 5.41) is 9.07. The van der Waals surface area contributed by atoms with Crippen LogP contribution in [0.2, 0.25) is 0 Å². The number of carbonyl (C=O) groups excluding carboxylic acids is 2. The summed E-state index contributed by atoms with van der Waals surface area (Å²) in [4.78, 5) is 32.3. The Morgan fingerprint density at radius 3 is 2.71 bits per heavy atom. The van der Waals surface area contributed by atoms with Crippen LogP contribution < -0.4 is 5.32 Å². The molecule has 0 aliphatic heterocycles. The van der Waals surface area contributed by atoms with Gasteiger partial charge in [-0.3, -0.25) is 4.79 Å². The van der Waals surface area contributed by atoms with Gasteiger partial charge < -0.3 is 10.1 Å². The smallest absolute Gasteiger partial charge is 0.341 e. The number of anilines is 1. The molecular weight excluding hydrogens is 448 g/mol. The topological polar surface area (TPSA) is 86.1 Å². The minimum absolute atomic E-state index is 0.255. The summed E-state index contributed by atoms with van der Waals surface area (Å²) >= 11 is 1.48. The second-order valence-corrected chi connectivity index (χ2v) is 10.0. The molecule has 1 saturated carbocycles. The molecule has 1 amide bonds. The average molecular weight is 473 g/mol. The van der Waals surface area contributed by atoms with Crippen molar-refractivity contribution < 1.29 is 14.3 Å². The maximum Gasteiger partial charge on any atom is 0.341 e. The van der Waals surface area contributed by atoms with E-state index in [-0.39, 0.29) is 5.91 Å². The molecule has 8 heteroatoms. The molecule has 3 heterocycles. The first kappa shape index (κ1) is 21.0. The van der Waals surface area contributed by atoms with Crippen molar-refractivity contribution in [1.29, 1.82) is 0 Å². The van der Waals surface area contributed by atoms with Crippen molar-refractivity contribution in [2.75, 3.05) is 12.4 Å². The fraction of sp³-hybridized carbons (Fsp3) is 0.308. The van der Waals surface area contributed by atoms with Crippen LogP contribution in [0, 0.1) is 6.92 Å². The van der Waals surface area contributed by atoms with Crippen molar-refractivity contribution in [2.45, 2.75) is 44.9 Å². The van der Waals surface area contributed by atoms with E-state index in [4.69, 9.17) is 14.8 Å². The first-order chi connectivity index (χ1) is 16.5. The molecular formula is C26H24N4O3S. The zero-order chi connectivity index (χ0) is 23.4. The number of benzene rings is 1. The highest BCUT2D eigenvalue weighted by molar-refractivity contribution is 7.17. The van der Waals surface area contributed by atoms with E-state index >= 15 is 0 Å². The lowest BCUT2D eigenvalue weighted by atomic mass is 10.1. The zero-order valence-electron chi connectivity index (χ0n) is 19.1. The Kier molecular flexibility index (Phi) is 4.99. The Bertz CT molecular complexity index is 1450. The van der Waals surface area contributed by atoms with Crippen molar-refractivity contribution in [1.82, 2.24) is 14.8 Å². The number of aromatic nitrogens is 3. The van der Waals surface area contributed by atoms with Gasteiger partial charge in [0.1, 0.15) is 5.00 Å². The number of thiophene rings is 1. The number of amides is 1. The lowest BCUT2D eigenvalue weighted by Crippen LogP contribution is -2.16. The molecule has 4 aromatic rings. The molecule has 0 bridgehead atoms. The van der Waals surface area contributed by atoms with Gasteiger partial charge in [0.25, 0.3) is 5.91 Å². The minimum atomic E-state index is -0.402. The van der Waals surface area contributed by atoms with E-state index < -0.39 is 5.97 Å². The second kappa shape index (κ2) is 8.06. The summed E-state index contributed by atoms with van der Waals surface area (Å²) in [7, 11) is 1.38. The highest BCUT2D eigenvalue weighted by atomic mass is 32.1. The Morgan fingerprint density at radius 2 is 1.97 bits per heavy atom. The Hall–Kier alpha value is -3.52. The fourth-order valence-corrected chi connectivity index (χ4v) is 6.08. The van der Waals surface area contributed by atoms with Gasteiger partial charge in [-0.05, 0) is 62.8 Å². The number of aryl methyl sites for hydroxylation is 2. The number of para-hydroxylation sites is 1. The van der Waals surface area contributed by atoms with Crippen LogP contribution in [0.4, 0.5) is 5.00 Å². The van der Waals surface area contributed by atoms with Gasteiger partial charge in [0.15, 0.2) is 5.65 Å². The number of nitrogens with one attached hydrogen (secondary N) is 1.